The van der Waals surface area contributed by atoms with Crippen molar-refractivity contribution in [1.29, 1.82) is 0 Å². The zero-order valence-corrected chi connectivity index (χ0v) is 30.0. The molecule has 1 aliphatic carbocycles. The van der Waals surface area contributed by atoms with Crippen molar-refractivity contribution in [3.8, 4) is 61.3 Å². The molecular weight excluding hydrogens is 663 g/mol. The molecule has 1 heterocycles. The van der Waals surface area contributed by atoms with E-state index in [0.29, 0.717) is 0 Å². The fourth-order valence-corrected chi connectivity index (χ4v) is 9.60. The SMILES string of the molecule is c1ccc2c(c1)-c1ccccc1-c1cc(-n3c4ccccc4c4ccccc43)cc(-c3ccc4c5ccccc5c5ccccc5c4c3)c1-c1ccccc1-2. The Labute approximate surface area is 319 Å². The third-order valence-corrected chi connectivity index (χ3v) is 11.9. The van der Waals surface area contributed by atoms with Gasteiger partial charge in [-0.2, -0.15) is 0 Å². The Morgan fingerprint density at radius 3 is 1.13 bits per heavy atom. The van der Waals surface area contributed by atoms with Gasteiger partial charge >= 0.3 is 0 Å². The van der Waals surface area contributed by atoms with Crippen LogP contribution in [0.2, 0.25) is 0 Å². The molecule has 1 heteroatoms. The number of benzene rings is 10. The maximum absolute atomic E-state index is 2.47. The second-order valence-corrected chi connectivity index (χ2v) is 14.8. The van der Waals surface area contributed by atoms with Crippen molar-refractivity contribution in [2.75, 3.05) is 0 Å². The van der Waals surface area contributed by atoms with E-state index in [9.17, 15) is 0 Å². The van der Waals surface area contributed by atoms with Gasteiger partial charge in [-0.25, -0.2) is 0 Å². The van der Waals surface area contributed by atoms with Gasteiger partial charge in [-0.1, -0.05) is 170 Å². The summed E-state index contributed by atoms with van der Waals surface area (Å²) in [5.74, 6) is 0. The Bertz CT molecular complexity index is 3290. The van der Waals surface area contributed by atoms with Crippen LogP contribution in [0, 0.1) is 0 Å². The molecule has 0 saturated heterocycles. The van der Waals surface area contributed by atoms with Gasteiger partial charge in [0.05, 0.1) is 11.0 Å². The lowest BCUT2D eigenvalue weighted by molar-refractivity contribution is 1.18. The first-order valence-electron chi connectivity index (χ1n) is 19.1. The molecule has 11 aromatic rings. The lowest BCUT2D eigenvalue weighted by Crippen LogP contribution is -2.02. The summed E-state index contributed by atoms with van der Waals surface area (Å²) in [5, 5.41) is 10.2. The fraction of sp³-hybridized carbons (Fsp3) is 0. The summed E-state index contributed by atoms with van der Waals surface area (Å²) in [4.78, 5) is 0. The Kier molecular flexibility index (Phi) is 6.40. The van der Waals surface area contributed by atoms with Crippen LogP contribution in [-0.4, -0.2) is 4.57 Å². The van der Waals surface area contributed by atoms with Crippen LogP contribution in [0.3, 0.4) is 0 Å². The molecule has 0 N–H and O–H groups in total. The highest BCUT2D eigenvalue weighted by atomic mass is 15.0. The Morgan fingerprint density at radius 1 is 0.236 bits per heavy atom. The third-order valence-electron chi connectivity index (χ3n) is 11.9. The minimum absolute atomic E-state index is 1.15. The highest BCUT2D eigenvalue weighted by molar-refractivity contribution is 6.26. The summed E-state index contributed by atoms with van der Waals surface area (Å²) in [6, 6.07) is 74.4. The van der Waals surface area contributed by atoms with Crippen molar-refractivity contribution in [1.82, 2.24) is 4.57 Å². The molecule has 1 aliphatic rings. The first-order chi connectivity index (χ1) is 27.3. The molecule has 0 spiro atoms. The maximum Gasteiger partial charge on any atom is 0.0541 e. The zero-order chi connectivity index (χ0) is 36.0. The number of hydrogen-bond acceptors (Lipinski definition) is 0. The van der Waals surface area contributed by atoms with E-state index >= 15 is 0 Å². The van der Waals surface area contributed by atoms with E-state index in [0.717, 1.165) is 5.69 Å². The van der Waals surface area contributed by atoms with Crippen LogP contribution in [0.5, 0.6) is 0 Å². The van der Waals surface area contributed by atoms with E-state index < -0.39 is 0 Å². The largest absolute Gasteiger partial charge is 0.309 e. The van der Waals surface area contributed by atoms with Gasteiger partial charge in [0, 0.05) is 16.5 Å². The maximum atomic E-state index is 2.47. The van der Waals surface area contributed by atoms with Crippen LogP contribution in [0.25, 0.3) is 115 Å². The lowest BCUT2D eigenvalue weighted by atomic mass is 9.78. The number of aromatic nitrogens is 1. The second kappa shape index (κ2) is 11.6. The first kappa shape index (κ1) is 30.3. The molecule has 1 nitrogen and oxygen atoms in total. The average molecular weight is 696 g/mol. The molecule has 10 aromatic carbocycles. The molecule has 0 atom stereocenters. The molecule has 0 radical (unpaired) electrons. The molecule has 55 heavy (non-hydrogen) atoms. The molecule has 1 aromatic heterocycles. The van der Waals surface area contributed by atoms with Gasteiger partial charge in [-0.05, 0) is 118 Å². The summed E-state index contributed by atoms with van der Waals surface area (Å²) in [7, 11) is 0. The van der Waals surface area contributed by atoms with E-state index in [1.807, 2.05) is 0 Å². The number of nitrogens with zero attached hydrogens (tertiary/aromatic N) is 1. The van der Waals surface area contributed by atoms with Crippen molar-refractivity contribution in [3.05, 3.63) is 200 Å². The van der Waals surface area contributed by atoms with Gasteiger partial charge in [-0.3, -0.25) is 0 Å². The highest BCUT2D eigenvalue weighted by Gasteiger charge is 2.26. The van der Waals surface area contributed by atoms with E-state index in [1.54, 1.807) is 0 Å². The summed E-state index contributed by atoms with van der Waals surface area (Å²) in [6.45, 7) is 0. The van der Waals surface area contributed by atoms with Gasteiger partial charge in [0.1, 0.15) is 0 Å². The highest BCUT2D eigenvalue weighted by Crippen LogP contribution is 2.52. The van der Waals surface area contributed by atoms with Crippen LogP contribution < -0.4 is 0 Å². The quantitative estimate of drug-likeness (QED) is 0.159. The van der Waals surface area contributed by atoms with Crippen LogP contribution >= 0.6 is 0 Å². The lowest BCUT2D eigenvalue weighted by Gasteiger charge is -2.26. The molecule has 0 saturated carbocycles. The van der Waals surface area contributed by atoms with Gasteiger partial charge in [0.2, 0.25) is 0 Å². The van der Waals surface area contributed by atoms with Gasteiger partial charge < -0.3 is 4.57 Å². The third kappa shape index (κ3) is 4.35. The predicted molar refractivity (Wildman–Crippen MR) is 234 cm³/mol. The van der Waals surface area contributed by atoms with Gasteiger partial charge in [-0.15, -0.1) is 0 Å². The number of hydrogen-bond donors (Lipinski definition) is 0. The normalized spacial score (nSPS) is 12.0. The summed E-state index contributed by atoms with van der Waals surface area (Å²) >= 11 is 0. The molecule has 0 aliphatic heterocycles. The minimum Gasteiger partial charge on any atom is -0.309 e. The van der Waals surface area contributed by atoms with Crippen LogP contribution in [-0.2, 0) is 0 Å². The molecule has 12 rings (SSSR count). The first-order valence-corrected chi connectivity index (χ1v) is 19.1. The van der Waals surface area contributed by atoms with Crippen molar-refractivity contribution in [2.45, 2.75) is 0 Å². The van der Waals surface area contributed by atoms with Crippen LogP contribution in [0.1, 0.15) is 0 Å². The standard InChI is InChI=1S/C54H33N/c1-3-17-38-36(15-1)40-19-6-8-23-44(40)51-33-35(55-52-27-13-11-24-46(52)47-25-12-14-28-53(47)55)32-49(54(51)48-26-10-9-21-42(38)48)34-29-30-45-41-20-4-2-16-37(41)39-18-5-7-22-43(39)50(45)31-34/h1-33H. The van der Waals surface area contributed by atoms with Crippen molar-refractivity contribution < 1.29 is 0 Å². The molecule has 0 bridgehead atoms. The topological polar surface area (TPSA) is 4.93 Å². The molecule has 254 valence electrons. The van der Waals surface area contributed by atoms with Gasteiger partial charge in [0.15, 0.2) is 0 Å². The number of fused-ring (bicyclic) bond motifs is 17. The van der Waals surface area contributed by atoms with Gasteiger partial charge in [0.25, 0.3) is 0 Å². The minimum atomic E-state index is 1.15. The summed E-state index contributed by atoms with van der Waals surface area (Å²) in [6.07, 6.45) is 0. The Balaban J connectivity index is 1.27. The van der Waals surface area contributed by atoms with E-state index in [4.69, 9.17) is 0 Å². The Hall–Kier alpha value is -7.22. The summed E-state index contributed by atoms with van der Waals surface area (Å²) in [5.41, 5.74) is 15.9. The molecule has 0 fully saturated rings. The van der Waals surface area contributed by atoms with Crippen molar-refractivity contribution >= 4 is 54.1 Å². The van der Waals surface area contributed by atoms with E-state index in [1.165, 1.54) is 110 Å². The predicted octanol–water partition coefficient (Wildman–Crippen LogP) is 14.9. The van der Waals surface area contributed by atoms with Crippen molar-refractivity contribution in [2.24, 2.45) is 0 Å². The van der Waals surface area contributed by atoms with Crippen molar-refractivity contribution in [3.63, 3.8) is 0 Å². The van der Waals surface area contributed by atoms with Crippen LogP contribution in [0.15, 0.2) is 200 Å². The number of rotatable bonds is 2. The second-order valence-electron chi connectivity index (χ2n) is 14.8. The van der Waals surface area contributed by atoms with Crippen LogP contribution in [0.4, 0.5) is 0 Å². The average Bonchev–Trinajstić information content (AvgIpc) is 3.60. The number of para-hydroxylation sites is 2. The zero-order valence-electron chi connectivity index (χ0n) is 30.0. The molecule has 0 unspecified atom stereocenters. The molecule has 0 amide bonds. The Morgan fingerprint density at radius 2 is 0.600 bits per heavy atom. The summed E-state index contributed by atoms with van der Waals surface area (Å²) < 4.78 is 2.47. The molecular formula is C54H33N. The van der Waals surface area contributed by atoms with E-state index in [-0.39, 0.29) is 0 Å². The smallest absolute Gasteiger partial charge is 0.0541 e. The fourth-order valence-electron chi connectivity index (χ4n) is 9.60. The van der Waals surface area contributed by atoms with E-state index in [2.05, 4.69) is 205 Å². The monoisotopic (exact) mass is 695 g/mol.